The summed E-state index contributed by atoms with van der Waals surface area (Å²) in [6.45, 7) is 4.42. The van der Waals surface area contributed by atoms with E-state index < -0.39 is 0 Å². The minimum Gasteiger partial charge on any atom is -0.309 e. The minimum absolute atomic E-state index is 0.358. The van der Waals surface area contributed by atoms with Crippen molar-refractivity contribution < 1.29 is 0 Å². The first-order valence-corrected chi connectivity index (χ1v) is 12.5. The van der Waals surface area contributed by atoms with Gasteiger partial charge in [-0.1, -0.05) is 86.8 Å². The van der Waals surface area contributed by atoms with E-state index in [1.807, 2.05) is 0 Å². The third kappa shape index (κ3) is 5.50. The van der Waals surface area contributed by atoms with Crippen LogP contribution in [0.25, 0.3) is 6.08 Å². The van der Waals surface area contributed by atoms with Crippen LogP contribution in [-0.2, 0) is 0 Å². The van der Waals surface area contributed by atoms with Gasteiger partial charge in [-0.05, 0) is 68.6 Å². The van der Waals surface area contributed by atoms with Crippen molar-refractivity contribution in [3.63, 3.8) is 0 Å². The van der Waals surface area contributed by atoms with Crippen molar-refractivity contribution >= 4 is 11.8 Å². The van der Waals surface area contributed by atoms with Crippen LogP contribution < -0.4 is 0 Å². The number of benzene rings is 2. The molecule has 0 saturated heterocycles. The first-order chi connectivity index (χ1) is 15.7. The average molecular weight is 430 g/mol. The van der Waals surface area contributed by atoms with Gasteiger partial charge in [0.15, 0.2) is 0 Å². The van der Waals surface area contributed by atoms with Gasteiger partial charge in [-0.3, -0.25) is 5.01 Å². The van der Waals surface area contributed by atoms with Crippen molar-refractivity contribution in [1.29, 1.82) is 0 Å². The van der Waals surface area contributed by atoms with Crippen LogP contribution in [0.2, 0.25) is 0 Å². The van der Waals surface area contributed by atoms with Crippen LogP contribution in [0.15, 0.2) is 71.3 Å². The van der Waals surface area contributed by atoms with Crippen molar-refractivity contribution in [2.45, 2.75) is 51.5 Å². The molecule has 3 nitrogen and oxygen atoms in total. The lowest BCUT2D eigenvalue weighted by atomic mass is 9.71. The molecule has 1 saturated carbocycles. The zero-order valence-electron chi connectivity index (χ0n) is 20.1. The Morgan fingerprint density at radius 2 is 1.72 bits per heavy atom. The van der Waals surface area contributed by atoms with E-state index in [2.05, 4.69) is 97.7 Å². The Hall–Kier alpha value is -2.39. The number of fused-ring (bicyclic) bond motifs is 1. The molecule has 32 heavy (non-hydrogen) atoms. The number of nitrogens with zero attached hydrogens (tertiary/aromatic N) is 3. The van der Waals surface area contributed by atoms with Crippen LogP contribution >= 0.6 is 0 Å². The number of hydrazone groups is 1. The van der Waals surface area contributed by atoms with Crippen LogP contribution in [0.5, 0.6) is 0 Å². The second kappa shape index (κ2) is 11.0. The van der Waals surface area contributed by atoms with E-state index in [4.69, 9.17) is 5.10 Å². The molecule has 1 aliphatic heterocycles. The molecule has 4 rings (SSSR count). The van der Waals surface area contributed by atoms with Crippen molar-refractivity contribution in [3.05, 3.63) is 77.4 Å². The SMILES string of the molecule is CCCCC1C/C(=C/c2ccccc2)C2=NN(CCCN(C)C)C(c3ccccc3)C2C1. The van der Waals surface area contributed by atoms with Gasteiger partial charge in [-0.2, -0.15) is 5.10 Å². The first kappa shape index (κ1) is 22.8. The lowest BCUT2D eigenvalue weighted by Gasteiger charge is -2.34. The topological polar surface area (TPSA) is 18.8 Å². The molecular formula is C29H39N3. The lowest BCUT2D eigenvalue weighted by Crippen LogP contribution is -2.32. The second-order valence-electron chi connectivity index (χ2n) is 9.80. The van der Waals surface area contributed by atoms with Crippen molar-refractivity contribution in [2.75, 3.05) is 27.2 Å². The smallest absolute Gasteiger partial charge is 0.0804 e. The zero-order chi connectivity index (χ0) is 22.3. The van der Waals surface area contributed by atoms with Gasteiger partial charge in [0.25, 0.3) is 0 Å². The molecule has 1 heterocycles. The Morgan fingerprint density at radius 1 is 1.00 bits per heavy atom. The largest absolute Gasteiger partial charge is 0.309 e. The van der Waals surface area contributed by atoms with Crippen molar-refractivity contribution in [1.82, 2.24) is 9.91 Å². The molecule has 1 fully saturated rings. The number of rotatable bonds is 9. The normalized spacial score (nSPS) is 24.1. The maximum atomic E-state index is 5.32. The molecule has 0 N–H and O–H groups in total. The molecule has 2 aliphatic rings. The highest BCUT2D eigenvalue weighted by Gasteiger charge is 2.43. The van der Waals surface area contributed by atoms with Gasteiger partial charge in [-0.15, -0.1) is 0 Å². The highest BCUT2D eigenvalue weighted by atomic mass is 15.5. The molecular weight excluding hydrogens is 390 g/mol. The van der Waals surface area contributed by atoms with Gasteiger partial charge >= 0.3 is 0 Å². The Kier molecular flexibility index (Phi) is 7.81. The summed E-state index contributed by atoms with van der Waals surface area (Å²) in [7, 11) is 4.31. The van der Waals surface area contributed by atoms with Crippen LogP contribution in [0, 0.1) is 11.8 Å². The lowest BCUT2D eigenvalue weighted by molar-refractivity contribution is 0.178. The Labute approximate surface area is 194 Å². The molecule has 0 aromatic heterocycles. The van der Waals surface area contributed by atoms with E-state index in [1.54, 1.807) is 0 Å². The van der Waals surface area contributed by atoms with Crippen LogP contribution in [0.4, 0.5) is 0 Å². The highest BCUT2D eigenvalue weighted by Crippen LogP contribution is 2.47. The summed E-state index contributed by atoms with van der Waals surface area (Å²) in [5.41, 5.74) is 5.52. The molecule has 3 heteroatoms. The summed E-state index contributed by atoms with van der Waals surface area (Å²) in [6.07, 6.45) is 9.90. The summed E-state index contributed by atoms with van der Waals surface area (Å²) in [5, 5.41) is 7.74. The van der Waals surface area contributed by atoms with Crippen LogP contribution in [0.3, 0.4) is 0 Å². The van der Waals surface area contributed by atoms with Gasteiger partial charge in [0, 0.05) is 12.5 Å². The molecule has 1 aliphatic carbocycles. The minimum atomic E-state index is 0.358. The van der Waals surface area contributed by atoms with Crippen molar-refractivity contribution in [3.8, 4) is 0 Å². The fourth-order valence-corrected chi connectivity index (χ4v) is 5.42. The standard InChI is InChI=1S/C29H39N3/c1-4-5-13-24-21-26(20-23-14-8-6-9-15-23)28-27(22-24)29(25-16-10-7-11-17-25)32(30-28)19-12-18-31(2)3/h6-11,14-17,20,24,27,29H,4-5,12-13,18-19,21-22H2,1-3H3/b26-20-. The highest BCUT2D eigenvalue weighted by molar-refractivity contribution is 6.07. The quantitative estimate of drug-likeness (QED) is 0.444. The number of allylic oxidation sites excluding steroid dienone is 1. The van der Waals surface area contributed by atoms with Gasteiger partial charge in [0.2, 0.25) is 0 Å². The van der Waals surface area contributed by atoms with Crippen molar-refractivity contribution in [2.24, 2.45) is 16.9 Å². The molecule has 0 spiro atoms. The van der Waals surface area contributed by atoms with Gasteiger partial charge < -0.3 is 4.90 Å². The molecule has 2 aromatic rings. The van der Waals surface area contributed by atoms with E-state index in [0.717, 1.165) is 31.8 Å². The molecule has 0 amide bonds. The van der Waals surface area contributed by atoms with E-state index in [0.29, 0.717) is 12.0 Å². The zero-order valence-corrected chi connectivity index (χ0v) is 20.1. The Bertz CT molecular complexity index is 901. The van der Waals surface area contributed by atoms with E-state index in [9.17, 15) is 0 Å². The van der Waals surface area contributed by atoms with E-state index in [-0.39, 0.29) is 0 Å². The first-order valence-electron chi connectivity index (χ1n) is 12.5. The number of hydrogen-bond donors (Lipinski definition) is 0. The molecule has 3 atom stereocenters. The van der Waals surface area contributed by atoms with Crippen LogP contribution in [0.1, 0.15) is 62.6 Å². The number of unbranched alkanes of at least 4 members (excludes halogenated alkanes) is 1. The molecule has 3 unspecified atom stereocenters. The van der Waals surface area contributed by atoms with Gasteiger partial charge in [0.05, 0.1) is 11.8 Å². The monoisotopic (exact) mass is 429 g/mol. The van der Waals surface area contributed by atoms with E-state index >= 15 is 0 Å². The maximum absolute atomic E-state index is 5.32. The average Bonchev–Trinajstić information content (AvgIpc) is 3.17. The van der Waals surface area contributed by atoms with E-state index in [1.165, 1.54) is 48.1 Å². The Balaban J connectivity index is 1.68. The summed E-state index contributed by atoms with van der Waals surface area (Å²) in [5.74, 6) is 1.24. The molecule has 0 radical (unpaired) electrons. The fourth-order valence-electron chi connectivity index (χ4n) is 5.42. The predicted octanol–water partition coefficient (Wildman–Crippen LogP) is 6.65. The third-order valence-corrected chi connectivity index (χ3v) is 6.95. The van der Waals surface area contributed by atoms with Crippen LogP contribution in [-0.4, -0.2) is 42.8 Å². The molecule has 170 valence electrons. The maximum Gasteiger partial charge on any atom is 0.0804 e. The second-order valence-corrected chi connectivity index (χ2v) is 9.80. The van der Waals surface area contributed by atoms with Gasteiger partial charge in [0.1, 0.15) is 0 Å². The predicted molar refractivity (Wildman–Crippen MR) is 137 cm³/mol. The summed E-state index contributed by atoms with van der Waals surface area (Å²) >= 11 is 0. The van der Waals surface area contributed by atoms with Gasteiger partial charge in [-0.25, -0.2) is 0 Å². The Morgan fingerprint density at radius 3 is 2.41 bits per heavy atom. The molecule has 2 aromatic carbocycles. The summed E-state index contributed by atoms with van der Waals surface area (Å²) in [4.78, 5) is 2.27. The fraction of sp³-hybridized carbons (Fsp3) is 0.483. The summed E-state index contributed by atoms with van der Waals surface area (Å²) in [6, 6.07) is 22.3. The number of hydrogen-bond acceptors (Lipinski definition) is 3. The third-order valence-electron chi connectivity index (χ3n) is 6.95. The molecule has 0 bridgehead atoms. The summed E-state index contributed by atoms with van der Waals surface area (Å²) < 4.78 is 0.